The summed E-state index contributed by atoms with van der Waals surface area (Å²) in [6.45, 7) is 0. The number of hydrogen-bond acceptors (Lipinski definition) is 3. The molecule has 300 valence electrons. The fourth-order valence-electron chi connectivity index (χ4n) is 9.65. The molecule has 6 heteroatoms. The first-order valence-corrected chi connectivity index (χ1v) is 21.5. The van der Waals surface area contributed by atoms with Crippen LogP contribution in [0.5, 0.6) is 5.75 Å². The van der Waals surface area contributed by atoms with Gasteiger partial charge in [0.05, 0.1) is 23.7 Å². The molecular formula is C57H41N5O. The second kappa shape index (κ2) is 15.0. The quantitative estimate of drug-likeness (QED) is 0.154. The molecule has 1 aliphatic rings. The fourth-order valence-corrected chi connectivity index (χ4v) is 9.65. The summed E-state index contributed by atoms with van der Waals surface area (Å²) >= 11 is 0. The first-order valence-electron chi connectivity index (χ1n) is 21.5. The minimum Gasteiger partial charge on any atom is -0.497 e. The highest BCUT2D eigenvalue weighted by atomic mass is 16.5. The Labute approximate surface area is 365 Å². The molecule has 8 aromatic carbocycles. The number of hydrogen-bond donors (Lipinski definition) is 0. The van der Waals surface area contributed by atoms with Crippen molar-refractivity contribution in [2.75, 3.05) is 7.11 Å². The number of allylic oxidation sites excluding steroid dienone is 1. The number of aromatic nitrogens is 5. The van der Waals surface area contributed by atoms with E-state index in [1.54, 1.807) is 7.11 Å². The van der Waals surface area contributed by atoms with Gasteiger partial charge in [0, 0.05) is 50.0 Å². The maximum Gasteiger partial charge on any atom is 0.168 e. The van der Waals surface area contributed by atoms with Crippen molar-refractivity contribution in [3.63, 3.8) is 0 Å². The van der Waals surface area contributed by atoms with Crippen molar-refractivity contribution in [1.82, 2.24) is 23.9 Å². The lowest BCUT2D eigenvalue weighted by Gasteiger charge is -2.16. The van der Waals surface area contributed by atoms with E-state index in [1.165, 1.54) is 44.0 Å². The molecule has 0 amide bonds. The van der Waals surface area contributed by atoms with Crippen LogP contribution in [0, 0.1) is 0 Å². The number of ether oxygens (including phenoxy) is 1. The Morgan fingerprint density at radius 2 is 0.937 bits per heavy atom. The minimum atomic E-state index is 0.731. The third-order valence-electron chi connectivity index (χ3n) is 12.5. The van der Waals surface area contributed by atoms with Gasteiger partial charge < -0.3 is 13.9 Å². The van der Waals surface area contributed by atoms with Crippen LogP contribution in [0.4, 0.5) is 0 Å². The second-order valence-electron chi connectivity index (χ2n) is 16.2. The van der Waals surface area contributed by atoms with Crippen LogP contribution < -0.4 is 4.74 Å². The molecular weight excluding hydrogens is 771 g/mol. The number of para-hydroxylation sites is 4. The summed E-state index contributed by atoms with van der Waals surface area (Å²) in [5.74, 6) is 2.23. The smallest absolute Gasteiger partial charge is 0.168 e. The summed E-state index contributed by atoms with van der Waals surface area (Å²) in [7, 11) is 1.69. The van der Waals surface area contributed by atoms with Gasteiger partial charge in [0.1, 0.15) is 5.75 Å². The monoisotopic (exact) mass is 811 g/mol. The first-order chi connectivity index (χ1) is 31.2. The molecule has 1 aliphatic carbocycles. The van der Waals surface area contributed by atoms with Gasteiger partial charge in [0.2, 0.25) is 0 Å². The molecule has 0 spiro atoms. The Balaban J connectivity index is 1.08. The SMILES string of the molecule is COc1cccc(-c2nnc(-c3cc(-c4cccc(-n5c6c(c7ccccc75)CCC=C6)c4)cc(-c4cccc(-n5c6ccccc6c6ccccc65)c4)c3)n2-c2ccccc2)c1. The van der Waals surface area contributed by atoms with Gasteiger partial charge in [0.15, 0.2) is 11.6 Å². The molecule has 0 bridgehead atoms. The normalized spacial score (nSPS) is 12.3. The van der Waals surface area contributed by atoms with Gasteiger partial charge in [-0.3, -0.25) is 4.57 Å². The molecule has 12 rings (SSSR count). The Morgan fingerprint density at radius 1 is 0.413 bits per heavy atom. The van der Waals surface area contributed by atoms with E-state index in [4.69, 9.17) is 14.9 Å². The molecule has 0 atom stereocenters. The maximum atomic E-state index is 5.65. The second-order valence-corrected chi connectivity index (χ2v) is 16.2. The van der Waals surface area contributed by atoms with Crippen LogP contribution in [-0.2, 0) is 6.42 Å². The number of methoxy groups -OCH3 is 1. The summed E-state index contributed by atoms with van der Waals surface area (Å²) in [6.07, 6.45) is 6.69. The molecule has 0 saturated heterocycles. The molecule has 0 fully saturated rings. The third kappa shape index (κ3) is 6.18. The van der Waals surface area contributed by atoms with Crippen molar-refractivity contribution < 1.29 is 4.74 Å². The number of rotatable bonds is 8. The van der Waals surface area contributed by atoms with Crippen LogP contribution in [0.25, 0.3) is 101 Å². The van der Waals surface area contributed by atoms with E-state index < -0.39 is 0 Å². The minimum absolute atomic E-state index is 0.731. The number of aryl methyl sites for hydroxylation is 1. The average Bonchev–Trinajstić information content (AvgIpc) is 4.05. The van der Waals surface area contributed by atoms with E-state index in [1.807, 2.05) is 24.3 Å². The summed E-state index contributed by atoms with van der Waals surface area (Å²) in [5, 5.41) is 13.7. The van der Waals surface area contributed by atoms with Gasteiger partial charge in [-0.05, 0) is 132 Å². The zero-order valence-corrected chi connectivity index (χ0v) is 34.7. The third-order valence-corrected chi connectivity index (χ3v) is 12.5. The predicted molar refractivity (Wildman–Crippen MR) is 258 cm³/mol. The molecule has 0 radical (unpaired) electrons. The topological polar surface area (TPSA) is 49.8 Å². The van der Waals surface area contributed by atoms with Crippen molar-refractivity contribution in [2.45, 2.75) is 12.8 Å². The lowest BCUT2D eigenvalue weighted by atomic mass is 9.95. The van der Waals surface area contributed by atoms with Crippen molar-refractivity contribution in [3.05, 3.63) is 211 Å². The van der Waals surface area contributed by atoms with Gasteiger partial charge >= 0.3 is 0 Å². The Bertz CT molecular complexity index is 3520. The van der Waals surface area contributed by atoms with Crippen LogP contribution in [-0.4, -0.2) is 31.0 Å². The van der Waals surface area contributed by atoms with Crippen molar-refractivity contribution in [1.29, 1.82) is 0 Å². The molecule has 6 nitrogen and oxygen atoms in total. The molecule has 3 aromatic heterocycles. The molecule has 0 aliphatic heterocycles. The summed E-state index contributed by atoms with van der Waals surface area (Å²) in [6, 6.07) is 69.2. The highest BCUT2D eigenvalue weighted by Gasteiger charge is 2.22. The van der Waals surface area contributed by atoms with Crippen molar-refractivity contribution in [3.8, 4) is 67.8 Å². The standard InChI is InChI=1S/C57H41N5O/c1-63-47-23-15-18-40(37-47)56-58-59-57(62(56)44-19-3-2-4-20-44)43-33-41(38-16-13-21-45(35-38)60-52-28-9-5-24-48(52)49-25-6-10-29-53(49)60)32-42(34-43)39-17-14-22-46(36-39)61-54-30-11-7-26-50(54)51-27-8-12-31-55(51)61/h2-7,9-26,28-37H,8,27H2,1H3. The van der Waals surface area contributed by atoms with E-state index >= 15 is 0 Å². The van der Waals surface area contributed by atoms with Crippen LogP contribution in [0.1, 0.15) is 17.7 Å². The number of benzene rings is 8. The van der Waals surface area contributed by atoms with Crippen LogP contribution >= 0.6 is 0 Å². The fraction of sp³-hybridized carbons (Fsp3) is 0.0526. The first kappa shape index (κ1) is 36.6. The van der Waals surface area contributed by atoms with Gasteiger partial charge in [0.25, 0.3) is 0 Å². The van der Waals surface area contributed by atoms with Crippen molar-refractivity contribution in [2.24, 2.45) is 0 Å². The summed E-state index contributed by atoms with van der Waals surface area (Å²) in [5.41, 5.74) is 15.7. The van der Waals surface area contributed by atoms with Gasteiger partial charge in [-0.1, -0.05) is 115 Å². The van der Waals surface area contributed by atoms with Crippen LogP contribution in [0.3, 0.4) is 0 Å². The summed E-state index contributed by atoms with van der Waals surface area (Å²) < 4.78 is 12.6. The van der Waals surface area contributed by atoms with Crippen molar-refractivity contribution >= 4 is 38.8 Å². The van der Waals surface area contributed by atoms with Crippen LogP contribution in [0.2, 0.25) is 0 Å². The number of nitrogens with zero attached hydrogens (tertiary/aromatic N) is 5. The van der Waals surface area contributed by atoms with Gasteiger partial charge in [-0.2, -0.15) is 0 Å². The molecule has 0 saturated carbocycles. The van der Waals surface area contributed by atoms with Gasteiger partial charge in [-0.15, -0.1) is 10.2 Å². The van der Waals surface area contributed by atoms with E-state index in [-0.39, 0.29) is 0 Å². The predicted octanol–water partition coefficient (Wildman–Crippen LogP) is 13.9. The van der Waals surface area contributed by atoms with E-state index in [0.29, 0.717) is 0 Å². The Morgan fingerprint density at radius 3 is 1.60 bits per heavy atom. The lowest BCUT2D eigenvalue weighted by Crippen LogP contribution is -2.01. The van der Waals surface area contributed by atoms with E-state index in [2.05, 4.69) is 196 Å². The molecule has 63 heavy (non-hydrogen) atoms. The largest absolute Gasteiger partial charge is 0.497 e. The zero-order valence-electron chi connectivity index (χ0n) is 34.7. The molecule has 11 aromatic rings. The highest BCUT2D eigenvalue weighted by Crippen LogP contribution is 2.40. The van der Waals surface area contributed by atoms with E-state index in [9.17, 15) is 0 Å². The highest BCUT2D eigenvalue weighted by molar-refractivity contribution is 6.09. The Kier molecular flexibility index (Phi) is 8.75. The van der Waals surface area contributed by atoms with Gasteiger partial charge in [-0.25, -0.2) is 0 Å². The molecule has 0 N–H and O–H groups in total. The van der Waals surface area contributed by atoms with E-state index in [0.717, 1.165) is 80.7 Å². The molecule has 0 unspecified atom stereocenters. The Hall–Kier alpha value is -8.22. The summed E-state index contributed by atoms with van der Waals surface area (Å²) in [4.78, 5) is 0. The average molecular weight is 812 g/mol. The molecule has 3 heterocycles. The number of fused-ring (bicyclic) bond motifs is 6. The van der Waals surface area contributed by atoms with Crippen LogP contribution in [0.15, 0.2) is 200 Å². The maximum absolute atomic E-state index is 5.65. The lowest BCUT2D eigenvalue weighted by molar-refractivity contribution is 0.415. The zero-order chi connectivity index (χ0) is 41.9.